The molecule has 0 spiro atoms. The molecule has 1 aromatic carbocycles. The van der Waals surface area contributed by atoms with Crippen LogP contribution in [0.5, 0.6) is 0 Å². The lowest BCUT2D eigenvalue weighted by Crippen LogP contribution is -2.56. The molecule has 34 heavy (non-hydrogen) atoms. The van der Waals surface area contributed by atoms with Gasteiger partial charge in [-0.2, -0.15) is 10.4 Å². The highest BCUT2D eigenvalue weighted by atomic mass is 35.5. The summed E-state index contributed by atoms with van der Waals surface area (Å²) < 4.78 is 46.0. The van der Waals surface area contributed by atoms with Gasteiger partial charge in [-0.05, 0) is 18.2 Å². The lowest BCUT2D eigenvalue weighted by Gasteiger charge is -2.40. The second kappa shape index (κ2) is 11.1. The van der Waals surface area contributed by atoms with E-state index < -0.39 is 53.8 Å². The number of halogens is 4. The first-order chi connectivity index (χ1) is 16.2. The third-order valence-corrected chi connectivity index (χ3v) is 6.20. The van der Waals surface area contributed by atoms with Gasteiger partial charge >= 0.3 is 0 Å². The van der Waals surface area contributed by atoms with Gasteiger partial charge in [0, 0.05) is 22.9 Å². The van der Waals surface area contributed by atoms with Crippen molar-refractivity contribution in [2.75, 3.05) is 6.61 Å². The summed E-state index contributed by atoms with van der Waals surface area (Å²) in [5.74, 6) is 0.643. The summed E-state index contributed by atoms with van der Waals surface area (Å²) in [6.45, 7) is -0.637. The maximum Gasteiger partial charge on any atom is 0.194 e. The van der Waals surface area contributed by atoms with Crippen LogP contribution in [0.4, 0.5) is 13.2 Å². The number of nitrogens with two attached hydrogens (primary N) is 1. The number of rotatable bonds is 6. The molecule has 14 heteroatoms. The average Bonchev–Trinajstić information content (AvgIpc) is 2.81. The highest BCUT2D eigenvalue weighted by Crippen LogP contribution is 2.36. The summed E-state index contributed by atoms with van der Waals surface area (Å²) in [7, 11) is 0. The second-order valence-electron chi connectivity index (χ2n) is 6.97. The van der Waals surface area contributed by atoms with Crippen LogP contribution >= 0.6 is 23.4 Å². The van der Waals surface area contributed by atoms with Crippen LogP contribution in [0, 0.1) is 28.8 Å². The molecule has 180 valence electrons. The van der Waals surface area contributed by atoms with Crippen molar-refractivity contribution in [2.24, 2.45) is 15.9 Å². The fourth-order valence-corrected chi connectivity index (χ4v) is 4.48. The molecule has 9 nitrogen and oxygen atoms in total. The Labute approximate surface area is 200 Å². The topological polar surface area (TPSA) is 157 Å². The van der Waals surface area contributed by atoms with Crippen LogP contribution in [0.25, 0.3) is 0 Å². The fourth-order valence-electron chi connectivity index (χ4n) is 3.10. The number of aliphatic hydroxyl groups excluding tert-OH is 3. The van der Waals surface area contributed by atoms with Gasteiger partial charge in [0.25, 0.3) is 0 Å². The normalized spacial score (nSPS) is 25.5. The fraction of sp³-hybridized carbons (Fsp3) is 0.300. The van der Waals surface area contributed by atoms with Crippen molar-refractivity contribution in [3.05, 3.63) is 58.1 Å². The summed E-state index contributed by atoms with van der Waals surface area (Å²) in [5.41, 5.74) is -1.64. The van der Waals surface area contributed by atoms with Crippen LogP contribution in [0.15, 0.2) is 39.4 Å². The SMILES string of the molecule is N#Cc1ncc(Cl)cc1S[C@H]1OC(CO)[C@H](O)C(N=CC(=NN)c2cc(F)c(F)c(F)c2)C1O. The Morgan fingerprint density at radius 1 is 1.26 bits per heavy atom. The van der Waals surface area contributed by atoms with E-state index in [-0.39, 0.29) is 26.9 Å². The lowest BCUT2D eigenvalue weighted by atomic mass is 9.98. The molecule has 2 aromatic rings. The number of aromatic nitrogens is 1. The highest BCUT2D eigenvalue weighted by molar-refractivity contribution is 7.99. The van der Waals surface area contributed by atoms with E-state index in [1.165, 1.54) is 12.3 Å². The molecule has 0 saturated carbocycles. The Morgan fingerprint density at radius 2 is 1.94 bits per heavy atom. The zero-order valence-electron chi connectivity index (χ0n) is 17.0. The Hall–Kier alpha value is -2.73. The molecule has 0 bridgehead atoms. The average molecular weight is 516 g/mol. The van der Waals surface area contributed by atoms with Crippen molar-refractivity contribution in [1.29, 1.82) is 5.26 Å². The Morgan fingerprint density at radius 3 is 2.53 bits per heavy atom. The predicted octanol–water partition coefficient (Wildman–Crippen LogP) is 1.36. The summed E-state index contributed by atoms with van der Waals surface area (Å²) in [4.78, 5) is 8.20. The number of thioether (sulfide) groups is 1. The van der Waals surface area contributed by atoms with Crippen molar-refractivity contribution >= 4 is 35.3 Å². The van der Waals surface area contributed by atoms with Gasteiger partial charge in [0.1, 0.15) is 41.6 Å². The number of aliphatic imine (C=N–C) groups is 1. The first-order valence-electron chi connectivity index (χ1n) is 9.50. The third kappa shape index (κ3) is 5.49. The molecule has 3 rings (SSSR count). The molecule has 2 heterocycles. The van der Waals surface area contributed by atoms with Gasteiger partial charge in [0.05, 0.1) is 11.6 Å². The summed E-state index contributed by atoms with van der Waals surface area (Å²) in [5, 5.41) is 43.8. The van der Waals surface area contributed by atoms with Gasteiger partial charge in [-0.1, -0.05) is 23.4 Å². The molecule has 1 aliphatic rings. The van der Waals surface area contributed by atoms with Crippen LogP contribution in [-0.2, 0) is 4.74 Å². The molecule has 3 unspecified atom stereocenters. The Kier molecular flexibility index (Phi) is 8.47. The van der Waals surface area contributed by atoms with E-state index in [1.54, 1.807) is 0 Å². The van der Waals surface area contributed by atoms with E-state index in [0.717, 1.165) is 18.0 Å². The number of benzene rings is 1. The monoisotopic (exact) mass is 515 g/mol. The van der Waals surface area contributed by atoms with Crippen molar-refractivity contribution in [1.82, 2.24) is 4.98 Å². The minimum Gasteiger partial charge on any atom is -0.394 e. The number of hydrogen-bond acceptors (Lipinski definition) is 10. The van der Waals surface area contributed by atoms with Gasteiger partial charge < -0.3 is 25.9 Å². The second-order valence-corrected chi connectivity index (χ2v) is 8.55. The minimum absolute atomic E-state index is 0.00911. The molecule has 0 radical (unpaired) electrons. The van der Waals surface area contributed by atoms with E-state index in [2.05, 4.69) is 15.1 Å². The maximum absolute atomic E-state index is 13.6. The van der Waals surface area contributed by atoms with Gasteiger partial charge in [0.15, 0.2) is 23.1 Å². The van der Waals surface area contributed by atoms with Crippen LogP contribution in [0.3, 0.4) is 0 Å². The summed E-state index contributed by atoms with van der Waals surface area (Å²) >= 11 is 6.80. The maximum atomic E-state index is 13.6. The quantitative estimate of drug-likeness (QED) is 0.194. The number of aliphatic hydroxyl groups is 3. The number of nitriles is 1. The van der Waals surface area contributed by atoms with E-state index in [0.29, 0.717) is 12.1 Å². The Balaban J connectivity index is 1.90. The Bertz CT molecular complexity index is 1140. The molecule has 1 aromatic heterocycles. The van der Waals surface area contributed by atoms with Crippen molar-refractivity contribution < 1.29 is 33.2 Å². The van der Waals surface area contributed by atoms with E-state index in [4.69, 9.17) is 22.2 Å². The molecule has 1 aliphatic heterocycles. The standard InChI is InChI=1S/C20H17ClF3N5O4S/c21-9-3-15(12(4-25)27-5-9)34-20-19(32)17(18(31)14(7-30)33-20)28-6-13(29-26)8-1-10(22)16(24)11(23)2-8/h1-3,5-6,14,17-20,30-32H,7,26H2/t14?,17?,18-,19?,20+/m0/s1. The lowest BCUT2D eigenvalue weighted by molar-refractivity contribution is -0.159. The molecular weight excluding hydrogens is 499 g/mol. The van der Waals surface area contributed by atoms with Crippen molar-refractivity contribution in [2.45, 2.75) is 34.7 Å². The van der Waals surface area contributed by atoms with Gasteiger partial charge in [0.2, 0.25) is 0 Å². The summed E-state index contributed by atoms with van der Waals surface area (Å²) in [6.07, 6.45) is -1.97. The molecule has 0 amide bonds. The smallest absolute Gasteiger partial charge is 0.194 e. The molecule has 0 aliphatic carbocycles. The van der Waals surface area contributed by atoms with E-state index in [9.17, 15) is 33.8 Å². The van der Waals surface area contributed by atoms with Crippen molar-refractivity contribution in [3.63, 3.8) is 0 Å². The molecule has 1 fully saturated rings. The first kappa shape index (κ1) is 25.9. The third-order valence-electron chi connectivity index (χ3n) is 4.80. The highest BCUT2D eigenvalue weighted by Gasteiger charge is 2.45. The van der Waals surface area contributed by atoms with Crippen LogP contribution in [-0.4, -0.2) is 68.6 Å². The molecule has 5 atom stereocenters. The summed E-state index contributed by atoms with van der Waals surface area (Å²) in [6, 6.07) is 3.30. The molecule has 5 N–H and O–H groups in total. The van der Waals surface area contributed by atoms with Gasteiger partial charge in [-0.3, -0.25) is 4.99 Å². The van der Waals surface area contributed by atoms with Gasteiger partial charge in [-0.25, -0.2) is 18.2 Å². The number of hydrogen-bond donors (Lipinski definition) is 4. The molecular formula is C20H17ClF3N5O4S. The molecule has 1 saturated heterocycles. The van der Waals surface area contributed by atoms with Crippen LogP contribution in [0.2, 0.25) is 5.02 Å². The largest absolute Gasteiger partial charge is 0.394 e. The van der Waals surface area contributed by atoms with Crippen LogP contribution < -0.4 is 5.84 Å². The van der Waals surface area contributed by atoms with Gasteiger partial charge in [-0.15, -0.1) is 0 Å². The van der Waals surface area contributed by atoms with E-state index >= 15 is 0 Å². The number of ether oxygens (including phenoxy) is 1. The van der Waals surface area contributed by atoms with Crippen molar-refractivity contribution in [3.8, 4) is 6.07 Å². The first-order valence-corrected chi connectivity index (χ1v) is 10.8. The number of nitrogens with zero attached hydrogens (tertiary/aromatic N) is 4. The number of pyridine rings is 1. The minimum atomic E-state index is -1.68. The van der Waals surface area contributed by atoms with E-state index in [1.807, 2.05) is 6.07 Å². The van der Waals surface area contributed by atoms with Crippen LogP contribution in [0.1, 0.15) is 11.3 Å². The zero-order chi connectivity index (χ0) is 25.0. The zero-order valence-corrected chi connectivity index (χ0v) is 18.6. The predicted molar refractivity (Wildman–Crippen MR) is 117 cm³/mol. The number of hydrazone groups is 1.